The normalized spacial score (nSPS) is 18.9. The van der Waals surface area contributed by atoms with E-state index in [-0.39, 0.29) is 0 Å². The summed E-state index contributed by atoms with van der Waals surface area (Å²) in [5.74, 6) is 0. The number of nitrogens with one attached hydrogen (secondary N) is 1. The lowest BCUT2D eigenvalue weighted by atomic mass is 10.1. The molecule has 0 aromatic heterocycles. The molecule has 2 aromatic carbocycles. The molecule has 0 aliphatic carbocycles. The molecule has 146 valence electrons. The molecule has 5 nitrogen and oxygen atoms in total. The molecule has 0 saturated carbocycles. The zero-order valence-electron chi connectivity index (χ0n) is 16.1. The van der Waals surface area contributed by atoms with Gasteiger partial charge in [0.15, 0.2) is 0 Å². The van der Waals surface area contributed by atoms with Crippen molar-refractivity contribution < 1.29 is 8.42 Å². The van der Waals surface area contributed by atoms with Gasteiger partial charge in [0.1, 0.15) is 0 Å². The molecular formula is C21H29N3O2S. The van der Waals surface area contributed by atoms with E-state index in [0.717, 1.165) is 80.4 Å². The van der Waals surface area contributed by atoms with Crippen molar-refractivity contribution in [2.45, 2.75) is 43.9 Å². The van der Waals surface area contributed by atoms with Crippen molar-refractivity contribution in [2.24, 2.45) is 0 Å². The molecule has 1 saturated heterocycles. The van der Waals surface area contributed by atoms with Gasteiger partial charge < -0.3 is 10.2 Å². The van der Waals surface area contributed by atoms with Crippen LogP contribution in [0.2, 0.25) is 0 Å². The molecule has 0 radical (unpaired) electrons. The molecule has 2 aliphatic rings. The Bertz CT molecular complexity index is 918. The zero-order valence-corrected chi connectivity index (χ0v) is 16.9. The van der Waals surface area contributed by atoms with Gasteiger partial charge in [0.25, 0.3) is 10.0 Å². The number of sulfonamides is 1. The zero-order chi connectivity index (χ0) is 18.9. The van der Waals surface area contributed by atoms with E-state index in [0.29, 0.717) is 11.4 Å². The van der Waals surface area contributed by atoms with Crippen LogP contribution in [0, 0.1) is 0 Å². The minimum atomic E-state index is -3.44. The number of hydrogen-bond acceptors (Lipinski definition) is 4. The predicted octanol–water partition coefficient (Wildman–Crippen LogP) is 3.73. The number of nitrogens with zero attached hydrogens (tertiary/aromatic N) is 2. The SMILES string of the molecule is CCCCCCN1c2ccc(N3CCCNCC3)c3cccc(c23)S1(=O)=O. The summed E-state index contributed by atoms with van der Waals surface area (Å²) in [6.07, 6.45) is 5.38. The van der Waals surface area contributed by atoms with Crippen molar-refractivity contribution in [1.82, 2.24) is 5.32 Å². The molecule has 0 amide bonds. The summed E-state index contributed by atoms with van der Waals surface area (Å²) in [5.41, 5.74) is 2.01. The van der Waals surface area contributed by atoms with E-state index in [1.807, 2.05) is 12.1 Å². The molecule has 2 aromatic rings. The fourth-order valence-corrected chi connectivity index (χ4v) is 6.04. The van der Waals surface area contributed by atoms with Crippen molar-refractivity contribution in [2.75, 3.05) is 41.9 Å². The average Bonchev–Trinajstić information content (AvgIpc) is 2.86. The Labute approximate surface area is 162 Å². The predicted molar refractivity (Wildman–Crippen MR) is 112 cm³/mol. The second-order valence-electron chi connectivity index (χ2n) is 7.51. The van der Waals surface area contributed by atoms with Crippen LogP contribution in [0.5, 0.6) is 0 Å². The van der Waals surface area contributed by atoms with Gasteiger partial charge in [-0.15, -0.1) is 0 Å². The quantitative estimate of drug-likeness (QED) is 0.768. The maximum Gasteiger partial charge on any atom is 0.265 e. The number of anilines is 2. The first-order valence-corrected chi connectivity index (χ1v) is 11.6. The van der Waals surface area contributed by atoms with Gasteiger partial charge in [-0.05, 0) is 37.6 Å². The summed E-state index contributed by atoms with van der Waals surface area (Å²) < 4.78 is 28.0. The Morgan fingerprint density at radius 2 is 1.85 bits per heavy atom. The summed E-state index contributed by atoms with van der Waals surface area (Å²) >= 11 is 0. The standard InChI is InChI=1S/C21H29N3O2S/c1-2-3-4-5-15-24-19-11-10-18(23-14-7-12-22-13-16-23)17-8-6-9-20(21(17)19)27(24,25)26/h6,8-11,22H,2-5,7,12-16H2,1H3. The minimum Gasteiger partial charge on any atom is -0.370 e. The van der Waals surface area contributed by atoms with E-state index in [1.165, 1.54) is 0 Å². The van der Waals surface area contributed by atoms with Crippen molar-refractivity contribution in [3.63, 3.8) is 0 Å². The molecule has 1 fully saturated rings. The summed E-state index contributed by atoms with van der Waals surface area (Å²) in [4.78, 5) is 2.86. The van der Waals surface area contributed by atoms with Crippen LogP contribution in [0.25, 0.3) is 10.8 Å². The molecule has 27 heavy (non-hydrogen) atoms. The fraction of sp³-hybridized carbons (Fsp3) is 0.524. The highest BCUT2D eigenvalue weighted by Gasteiger charge is 2.36. The van der Waals surface area contributed by atoms with E-state index in [1.54, 1.807) is 10.4 Å². The summed E-state index contributed by atoms with van der Waals surface area (Å²) in [5, 5.41) is 5.40. The molecule has 6 heteroatoms. The number of rotatable bonds is 6. The lowest BCUT2D eigenvalue weighted by molar-refractivity contribution is 0.589. The van der Waals surface area contributed by atoms with E-state index in [2.05, 4.69) is 29.3 Å². The van der Waals surface area contributed by atoms with Gasteiger partial charge in [-0.3, -0.25) is 4.31 Å². The second kappa shape index (κ2) is 7.68. The maximum absolute atomic E-state index is 13.2. The molecular weight excluding hydrogens is 358 g/mol. The van der Waals surface area contributed by atoms with Gasteiger partial charge in [0, 0.05) is 42.6 Å². The number of hydrogen-bond donors (Lipinski definition) is 1. The van der Waals surface area contributed by atoms with Gasteiger partial charge in [-0.25, -0.2) is 8.42 Å². The number of unbranched alkanes of at least 4 members (excludes halogenated alkanes) is 3. The van der Waals surface area contributed by atoms with Crippen LogP contribution in [-0.4, -0.2) is 41.1 Å². The molecule has 4 rings (SSSR count). The molecule has 0 unspecified atom stereocenters. The van der Waals surface area contributed by atoms with Crippen LogP contribution in [0.1, 0.15) is 39.0 Å². The lowest BCUT2D eigenvalue weighted by Gasteiger charge is -2.25. The first kappa shape index (κ1) is 18.6. The fourth-order valence-electron chi connectivity index (χ4n) is 4.30. The molecule has 0 atom stereocenters. The molecule has 2 heterocycles. The highest BCUT2D eigenvalue weighted by molar-refractivity contribution is 7.93. The monoisotopic (exact) mass is 387 g/mol. The van der Waals surface area contributed by atoms with Gasteiger partial charge in [-0.1, -0.05) is 38.3 Å². The Morgan fingerprint density at radius 1 is 1.00 bits per heavy atom. The summed E-state index contributed by atoms with van der Waals surface area (Å²) in [6.45, 7) is 6.69. The lowest BCUT2D eigenvalue weighted by Crippen LogP contribution is -2.28. The minimum absolute atomic E-state index is 0.472. The topological polar surface area (TPSA) is 52.6 Å². The van der Waals surface area contributed by atoms with Gasteiger partial charge >= 0.3 is 0 Å². The summed E-state index contributed by atoms with van der Waals surface area (Å²) in [7, 11) is -3.44. The third kappa shape index (κ3) is 3.29. The van der Waals surface area contributed by atoms with Crippen LogP contribution in [0.15, 0.2) is 35.2 Å². The highest BCUT2D eigenvalue weighted by atomic mass is 32.2. The Balaban J connectivity index is 1.75. The second-order valence-corrected chi connectivity index (χ2v) is 9.34. The van der Waals surface area contributed by atoms with Crippen LogP contribution >= 0.6 is 0 Å². The van der Waals surface area contributed by atoms with E-state index >= 15 is 0 Å². The van der Waals surface area contributed by atoms with Gasteiger partial charge in [-0.2, -0.15) is 0 Å². The summed E-state index contributed by atoms with van der Waals surface area (Å²) in [6, 6.07) is 9.86. The largest absolute Gasteiger partial charge is 0.370 e. The molecule has 2 aliphatic heterocycles. The van der Waals surface area contributed by atoms with E-state index in [4.69, 9.17) is 0 Å². The van der Waals surface area contributed by atoms with Crippen molar-refractivity contribution in [3.8, 4) is 0 Å². The van der Waals surface area contributed by atoms with Crippen LogP contribution in [-0.2, 0) is 10.0 Å². The van der Waals surface area contributed by atoms with Gasteiger partial charge in [0.2, 0.25) is 0 Å². The van der Waals surface area contributed by atoms with Crippen molar-refractivity contribution >= 4 is 32.2 Å². The number of benzene rings is 2. The van der Waals surface area contributed by atoms with E-state index in [9.17, 15) is 8.42 Å². The Morgan fingerprint density at radius 3 is 2.70 bits per heavy atom. The van der Waals surface area contributed by atoms with Crippen LogP contribution < -0.4 is 14.5 Å². The van der Waals surface area contributed by atoms with Crippen molar-refractivity contribution in [1.29, 1.82) is 0 Å². The average molecular weight is 388 g/mol. The third-order valence-corrected chi connectivity index (χ3v) is 7.55. The van der Waals surface area contributed by atoms with Crippen LogP contribution in [0.3, 0.4) is 0 Å². The highest BCUT2D eigenvalue weighted by Crippen LogP contribution is 2.45. The first-order chi connectivity index (χ1) is 13.1. The molecule has 0 bridgehead atoms. The van der Waals surface area contributed by atoms with E-state index < -0.39 is 10.0 Å². The Hall–Kier alpha value is -1.79. The smallest absolute Gasteiger partial charge is 0.265 e. The third-order valence-electron chi connectivity index (χ3n) is 5.69. The maximum atomic E-state index is 13.2. The first-order valence-electron chi connectivity index (χ1n) is 10.2. The van der Waals surface area contributed by atoms with Crippen molar-refractivity contribution in [3.05, 3.63) is 30.3 Å². The molecule has 0 spiro atoms. The molecule has 1 N–H and O–H groups in total. The Kier molecular flexibility index (Phi) is 5.28. The van der Waals surface area contributed by atoms with Crippen LogP contribution in [0.4, 0.5) is 11.4 Å². The van der Waals surface area contributed by atoms with Gasteiger partial charge in [0.05, 0.1) is 10.6 Å².